The Labute approximate surface area is 175 Å². The predicted molar refractivity (Wildman–Crippen MR) is 108 cm³/mol. The molecule has 0 aliphatic rings. The molecule has 0 unspecified atom stereocenters. The summed E-state index contributed by atoms with van der Waals surface area (Å²) in [4.78, 5) is 33.2. The normalized spacial score (nSPS) is 10.3. The van der Waals surface area contributed by atoms with Crippen molar-refractivity contribution < 1.29 is 29.2 Å². The molecule has 158 valence electrons. The first-order valence-electron chi connectivity index (χ1n) is 8.95. The summed E-state index contributed by atoms with van der Waals surface area (Å²) in [6, 6.07) is 17.8. The molecule has 0 amide bonds. The highest BCUT2D eigenvalue weighted by Gasteiger charge is 2.36. The van der Waals surface area contributed by atoms with Crippen LogP contribution in [-0.2, 0) is 13.2 Å². The van der Waals surface area contributed by atoms with Crippen LogP contribution >= 0.6 is 0 Å². The van der Waals surface area contributed by atoms with E-state index in [1.807, 2.05) is 0 Å². The largest absolute Gasteiger partial charge is 0.481 e. The summed E-state index contributed by atoms with van der Waals surface area (Å²) < 4.78 is 11.0. The maximum atomic E-state index is 12.0. The standard InChI is InChI=1S/C21H16N2O8/c24-21(25)18-19(30-12-14-7-3-1-4-8-14)16(22(26)27)11-17(23(28)29)20(18)31-13-15-9-5-2-6-10-15/h1-11H,12-13H2,(H,24,25). The van der Waals surface area contributed by atoms with Gasteiger partial charge in [-0.15, -0.1) is 0 Å². The summed E-state index contributed by atoms with van der Waals surface area (Å²) in [6.07, 6.45) is 0. The average molecular weight is 424 g/mol. The van der Waals surface area contributed by atoms with Crippen molar-refractivity contribution in [2.24, 2.45) is 0 Å². The van der Waals surface area contributed by atoms with Crippen LogP contribution in [0.4, 0.5) is 11.4 Å². The molecule has 0 bridgehead atoms. The minimum absolute atomic E-state index is 0.183. The van der Waals surface area contributed by atoms with E-state index in [9.17, 15) is 30.1 Å². The summed E-state index contributed by atoms with van der Waals surface area (Å²) >= 11 is 0. The van der Waals surface area contributed by atoms with Crippen LogP contribution in [-0.4, -0.2) is 20.9 Å². The van der Waals surface area contributed by atoms with Gasteiger partial charge in [-0.2, -0.15) is 0 Å². The number of carboxylic acids is 1. The highest BCUT2D eigenvalue weighted by atomic mass is 16.6. The number of aromatic carboxylic acids is 1. The third-order valence-corrected chi connectivity index (χ3v) is 4.25. The summed E-state index contributed by atoms with van der Waals surface area (Å²) in [6.45, 7) is -0.365. The van der Waals surface area contributed by atoms with E-state index in [4.69, 9.17) is 9.47 Å². The van der Waals surface area contributed by atoms with Gasteiger partial charge in [0.15, 0.2) is 5.56 Å². The van der Waals surface area contributed by atoms with Crippen LogP contribution in [0.1, 0.15) is 21.5 Å². The van der Waals surface area contributed by atoms with Crippen LogP contribution < -0.4 is 9.47 Å². The highest BCUT2D eigenvalue weighted by Crippen LogP contribution is 2.44. The second-order valence-electron chi connectivity index (χ2n) is 6.32. The zero-order chi connectivity index (χ0) is 22.4. The topological polar surface area (TPSA) is 142 Å². The molecule has 3 aromatic carbocycles. The number of nitro groups is 2. The molecule has 1 N–H and O–H groups in total. The minimum atomic E-state index is -1.65. The van der Waals surface area contributed by atoms with E-state index in [2.05, 4.69) is 0 Å². The third kappa shape index (κ3) is 4.93. The molecule has 10 nitrogen and oxygen atoms in total. The Hall–Kier alpha value is -4.47. The number of carboxylic acid groups (broad SMARTS) is 1. The Kier molecular flexibility index (Phi) is 6.41. The van der Waals surface area contributed by atoms with Crippen molar-refractivity contribution in [3.8, 4) is 11.5 Å². The number of nitro benzene ring substituents is 2. The van der Waals surface area contributed by atoms with Gasteiger partial charge in [-0.3, -0.25) is 20.2 Å². The molecule has 0 aliphatic heterocycles. The van der Waals surface area contributed by atoms with Gasteiger partial charge in [0.05, 0.1) is 9.85 Å². The second kappa shape index (κ2) is 9.35. The zero-order valence-electron chi connectivity index (χ0n) is 16.0. The lowest BCUT2D eigenvalue weighted by molar-refractivity contribution is -0.395. The number of carbonyl (C=O) groups is 1. The second-order valence-corrected chi connectivity index (χ2v) is 6.32. The van der Waals surface area contributed by atoms with Crippen molar-refractivity contribution in [3.05, 3.63) is 104 Å². The van der Waals surface area contributed by atoms with E-state index < -0.39 is 44.3 Å². The molecule has 0 radical (unpaired) electrons. The molecule has 0 saturated heterocycles. The molecule has 0 saturated carbocycles. The van der Waals surface area contributed by atoms with Gasteiger partial charge in [-0.25, -0.2) is 4.79 Å². The average Bonchev–Trinajstić information content (AvgIpc) is 2.76. The summed E-state index contributed by atoms with van der Waals surface area (Å²) in [5.74, 6) is -2.89. The van der Waals surface area contributed by atoms with E-state index in [0.717, 1.165) is 0 Å². The molecule has 0 aromatic heterocycles. The maximum absolute atomic E-state index is 12.0. The van der Waals surface area contributed by atoms with E-state index in [-0.39, 0.29) is 13.2 Å². The predicted octanol–water partition coefficient (Wildman–Crippen LogP) is 4.36. The molecule has 0 aliphatic carbocycles. The van der Waals surface area contributed by atoms with Crippen molar-refractivity contribution in [3.63, 3.8) is 0 Å². The molecule has 0 heterocycles. The number of ether oxygens (including phenoxy) is 2. The maximum Gasteiger partial charge on any atom is 0.343 e. The SMILES string of the molecule is O=C(O)c1c(OCc2ccccc2)c([N+](=O)[O-])cc([N+](=O)[O-])c1OCc1ccccc1. The first-order valence-corrected chi connectivity index (χ1v) is 8.95. The third-order valence-electron chi connectivity index (χ3n) is 4.25. The Morgan fingerprint density at radius 1 is 0.774 bits per heavy atom. The van der Waals surface area contributed by atoms with Crippen molar-refractivity contribution in [1.29, 1.82) is 0 Å². The van der Waals surface area contributed by atoms with Gasteiger partial charge in [-0.05, 0) is 11.1 Å². The van der Waals surface area contributed by atoms with Gasteiger partial charge < -0.3 is 14.6 Å². The van der Waals surface area contributed by atoms with Crippen LogP contribution in [0.3, 0.4) is 0 Å². The number of hydrogen-bond donors (Lipinski definition) is 1. The highest BCUT2D eigenvalue weighted by molar-refractivity contribution is 5.98. The molecule has 3 aromatic rings. The molecule has 0 spiro atoms. The quantitative estimate of drug-likeness (QED) is 0.394. The summed E-state index contributed by atoms with van der Waals surface area (Å²) in [7, 11) is 0. The molecule has 0 atom stereocenters. The minimum Gasteiger partial charge on any atom is -0.481 e. The molecule has 10 heteroatoms. The van der Waals surface area contributed by atoms with Gasteiger partial charge in [0.1, 0.15) is 19.3 Å². The van der Waals surface area contributed by atoms with E-state index in [0.29, 0.717) is 17.2 Å². The first-order chi connectivity index (χ1) is 14.9. The van der Waals surface area contributed by atoms with Crippen LogP contribution in [0.25, 0.3) is 0 Å². The first kappa shape index (κ1) is 21.2. The number of rotatable bonds is 9. The van der Waals surface area contributed by atoms with Gasteiger partial charge in [0, 0.05) is 0 Å². The fraction of sp³-hybridized carbons (Fsp3) is 0.0952. The summed E-state index contributed by atoms with van der Waals surface area (Å²) in [5.41, 5.74) is -1.22. The lowest BCUT2D eigenvalue weighted by Crippen LogP contribution is -2.11. The van der Waals surface area contributed by atoms with Crippen molar-refractivity contribution in [2.45, 2.75) is 13.2 Å². The molecule has 31 heavy (non-hydrogen) atoms. The van der Waals surface area contributed by atoms with E-state index in [1.54, 1.807) is 60.7 Å². The number of nitrogens with zero attached hydrogens (tertiary/aromatic N) is 2. The Bertz CT molecular complexity index is 1040. The van der Waals surface area contributed by atoms with Crippen LogP contribution in [0.5, 0.6) is 11.5 Å². The van der Waals surface area contributed by atoms with E-state index >= 15 is 0 Å². The smallest absolute Gasteiger partial charge is 0.343 e. The van der Waals surface area contributed by atoms with Crippen molar-refractivity contribution in [2.75, 3.05) is 0 Å². The monoisotopic (exact) mass is 424 g/mol. The number of benzene rings is 3. The van der Waals surface area contributed by atoms with Gasteiger partial charge in [0.25, 0.3) is 0 Å². The molecule has 0 fully saturated rings. The lowest BCUT2D eigenvalue weighted by Gasteiger charge is -2.14. The zero-order valence-corrected chi connectivity index (χ0v) is 16.0. The van der Waals surface area contributed by atoms with Gasteiger partial charge >= 0.3 is 17.3 Å². The Morgan fingerprint density at radius 3 is 1.48 bits per heavy atom. The van der Waals surface area contributed by atoms with Crippen LogP contribution in [0, 0.1) is 20.2 Å². The molecular formula is C21H16N2O8. The van der Waals surface area contributed by atoms with Crippen LogP contribution in [0.2, 0.25) is 0 Å². The van der Waals surface area contributed by atoms with Gasteiger partial charge in [-0.1, -0.05) is 60.7 Å². The van der Waals surface area contributed by atoms with Crippen molar-refractivity contribution in [1.82, 2.24) is 0 Å². The molecular weight excluding hydrogens is 408 g/mol. The Balaban J connectivity index is 2.11. The fourth-order valence-electron chi connectivity index (χ4n) is 2.84. The van der Waals surface area contributed by atoms with Gasteiger partial charge in [0.2, 0.25) is 11.5 Å². The fourth-order valence-corrected chi connectivity index (χ4v) is 2.84. The molecule has 3 rings (SSSR count). The Morgan fingerprint density at radius 2 is 1.16 bits per heavy atom. The summed E-state index contributed by atoms with van der Waals surface area (Å²) in [5, 5.41) is 32.8. The van der Waals surface area contributed by atoms with Crippen molar-refractivity contribution >= 4 is 17.3 Å². The lowest BCUT2D eigenvalue weighted by atomic mass is 10.1. The number of hydrogen-bond acceptors (Lipinski definition) is 7. The van der Waals surface area contributed by atoms with E-state index in [1.165, 1.54) is 0 Å². The van der Waals surface area contributed by atoms with Crippen LogP contribution in [0.15, 0.2) is 66.7 Å².